The molecule has 0 aliphatic rings. The molecule has 3 aromatic carbocycles. The Morgan fingerprint density at radius 2 is 1.41 bits per heavy atom. The fourth-order valence-corrected chi connectivity index (χ4v) is 3.12. The Labute approximate surface area is 183 Å². The number of benzene rings is 3. The van der Waals surface area contributed by atoms with Gasteiger partial charge in [0.25, 0.3) is 11.6 Å². The summed E-state index contributed by atoms with van der Waals surface area (Å²) in [5.74, 6) is -0.225. The van der Waals surface area contributed by atoms with E-state index in [1.165, 1.54) is 18.2 Å². The van der Waals surface area contributed by atoms with E-state index < -0.39 is 10.8 Å². The van der Waals surface area contributed by atoms with Crippen molar-refractivity contribution in [1.82, 2.24) is 14.8 Å². The molecule has 0 saturated heterocycles. The Morgan fingerprint density at radius 1 is 0.844 bits per heavy atom. The number of hydrogen-bond donors (Lipinski definition) is 2. The molecule has 2 N–H and O–H groups in total. The summed E-state index contributed by atoms with van der Waals surface area (Å²) < 4.78 is 1.05. The smallest absolute Gasteiger partial charge is 0.288 e. The third kappa shape index (κ3) is 4.78. The second-order valence-corrected chi connectivity index (χ2v) is 6.93. The van der Waals surface area contributed by atoms with Crippen molar-refractivity contribution in [2.24, 2.45) is 0 Å². The number of carbonyl (C=O) groups excluding carboxylic acids is 1. The van der Waals surface area contributed by atoms with E-state index in [1.807, 2.05) is 60.7 Å². The van der Waals surface area contributed by atoms with E-state index in [2.05, 4.69) is 20.7 Å². The minimum atomic E-state index is -0.645. The molecule has 0 aliphatic carbocycles. The van der Waals surface area contributed by atoms with Crippen LogP contribution in [0.5, 0.6) is 0 Å². The largest absolute Gasteiger partial charge is 0.350 e. The van der Waals surface area contributed by atoms with Gasteiger partial charge in [0, 0.05) is 19.2 Å². The van der Waals surface area contributed by atoms with Crippen LogP contribution in [-0.4, -0.2) is 25.6 Å². The Kier molecular flexibility index (Phi) is 6.17. The zero-order valence-corrected chi connectivity index (χ0v) is 17.0. The van der Waals surface area contributed by atoms with Crippen LogP contribution in [0.25, 0.3) is 0 Å². The zero-order valence-electron chi connectivity index (χ0n) is 17.0. The van der Waals surface area contributed by atoms with Crippen LogP contribution in [0.15, 0.2) is 84.9 Å². The summed E-state index contributed by atoms with van der Waals surface area (Å²) in [6.07, 6.45) is 0. The van der Waals surface area contributed by atoms with Gasteiger partial charge in [-0.2, -0.15) is 9.67 Å². The van der Waals surface area contributed by atoms with E-state index in [1.54, 1.807) is 6.07 Å². The van der Waals surface area contributed by atoms with Gasteiger partial charge in [-0.25, -0.2) is 0 Å². The lowest BCUT2D eigenvalue weighted by Crippen LogP contribution is -2.18. The lowest BCUT2D eigenvalue weighted by atomic mass is 10.1. The summed E-state index contributed by atoms with van der Waals surface area (Å²) in [6, 6.07) is 25.1. The fourth-order valence-electron chi connectivity index (χ4n) is 3.12. The van der Waals surface area contributed by atoms with Crippen molar-refractivity contribution in [3.63, 3.8) is 0 Å². The first-order valence-electron chi connectivity index (χ1n) is 9.92. The first-order valence-corrected chi connectivity index (χ1v) is 9.92. The van der Waals surface area contributed by atoms with Crippen LogP contribution in [0, 0.1) is 10.1 Å². The van der Waals surface area contributed by atoms with Gasteiger partial charge < -0.3 is 10.6 Å². The molecule has 0 unspecified atom stereocenters. The predicted octanol–water partition coefficient (Wildman–Crippen LogP) is 4.10. The number of para-hydroxylation sites is 1. The number of rotatable bonds is 8. The summed E-state index contributed by atoms with van der Waals surface area (Å²) in [7, 11) is 0. The molecule has 0 aliphatic heterocycles. The van der Waals surface area contributed by atoms with Crippen LogP contribution in [0.2, 0.25) is 0 Å². The minimum absolute atomic E-state index is 0.0697. The molecule has 0 atom stereocenters. The highest BCUT2D eigenvalue weighted by Gasteiger charge is 2.25. The predicted molar refractivity (Wildman–Crippen MR) is 120 cm³/mol. The van der Waals surface area contributed by atoms with E-state index in [0.717, 1.165) is 15.8 Å². The van der Waals surface area contributed by atoms with Crippen LogP contribution < -0.4 is 10.6 Å². The number of nitro benzene ring substituents is 1. The normalized spacial score (nSPS) is 10.5. The number of nitro groups is 1. The van der Waals surface area contributed by atoms with E-state index in [9.17, 15) is 14.9 Å². The highest BCUT2D eigenvalue weighted by atomic mass is 16.6. The highest BCUT2D eigenvalue weighted by Crippen LogP contribution is 2.21. The molecule has 160 valence electrons. The fraction of sp³-hybridized carbons (Fsp3) is 0.0870. The van der Waals surface area contributed by atoms with Crippen molar-refractivity contribution in [2.45, 2.75) is 13.1 Å². The minimum Gasteiger partial charge on any atom is -0.350 e. The van der Waals surface area contributed by atoms with Gasteiger partial charge in [0.05, 0.1) is 4.92 Å². The van der Waals surface area contributed by atoms with Crippen molar-refractivity contribution in [3.05, 3.63) is 112 Å². The topological polar surface area (TPSA) is 115 Å². The molecule has 4 aromatic rings. The number of aromatic nitrogens is 3. The Morgan fingerprint density at radius 3 is 2.03 bits per heavy atom. The summed E-state index contributed by atoms with van der Waals surface area (Å²) in [5, 5.41) is 21.9. The molecule has 9 heteroatoms. The molecule has 0 spiro atoms. The standard InChI is InChI=1S/C23H20N6O3/c30-21(19-13-7-8-14-20(19)29(31)32)28-23(25-16-18-11-5-2-6-12-18)26-22(27-28)24-15-17-9-3-1-4-10-17/h1-14H,15-16H2,(H2,24,25,26,27). The Bertz CT molecular complexity index is 1220. The third-order valence-corrected chi connectivity index (χ3v) is 4.72. The van der Waals surface area contributed by atoms with Gasteiger partial charge in [-0.15, -0.1) is 5.10 Å². The molecule has 0 saturated carbocycles. The molecule has 4 rings (SSSR count). The summed E-state index contributed by atoms with van der Waals surface area (Å²) in [6.45, 7) is 0.866. The number of nitrogens with one attached hydrogen (secondary N) is 2. The van der Waals surface area contributed by atoms with E-state index in [4.69, 9.17) is 0 Å². The number of carbonyl (C=O) groups is 1. The monoisotopic (exact) mass is 428 g/mol. The Balaban J connectivity index is 1.63. The van der Waals surface area contributed by atoms with E-state index in [0.29, 0.717) is 13.1 Å². The molecule has 1 heterocycles. The van der Waals surface area contributed by atoms with Crippen LogP contribution in [0.3, 0.4) is 0 Å². The first kappa shape index (κ1) is 20.7. The molecule has 32 heavy (non-hydrogen) atoms. The average Bonchev–Trinajstić information content (AvgIpc) is 3.25. The SMILES string of the molecule is O=C(c1ccccc1[N+](=O)[O-])n1nc(NCc2ccccc2)nc1NCc1ccccc1. The second-order valence-electron chi connectivity index (χ2n) is 6.93. The zero-order chi connectivity index (χ0) is 22.3. The summed E-state index contributed by atoms with van der Waals surface area (Å²) >= 11 is 0. The maximum Gasteiger partial charge on any atom is 0.288 e. The molecule has 0 radical (unpaired) electrons. The average molecular weight is 428 g/mol. The van der Waals surface area contributed by atoms with Crippen LogP contribution in [-0.2, 0) is 13.1 Å². The maximum absolute atomic E-state index is 13.2. The van der Waals surface area contributed by atoms with Gasteiger partial charge in [-0.3, -0.25) is 14.9 Å². The molecular formula is C23H20N6O3. The molecule has 9 nitrogen and oxygen atoms in total. The Hall–Kier alpha value is -4.53. The lowest BCUT2D eigenvalue weighted by molar-refractivity contribution is -0.385. The molecular weight excluding hydrogens is 408 g/mol. The van der Waals surface area contributed by atoms with Crippen LogP contribution >= 0.6 is 0 Å². The maximum atomic E-state index is 13.2. The second kappa shape index (κ2) is 9.52. The van der Waals surface area contributed by atoms with Crippen molar-refractivity contribution in [3.8, 4) is 0 Å². The molecule has 0 fully saturated rings. The van der Waals surface area contributed by atoms with Gasteiger partial charge in [0.1, 0.15) is 5.56 Å². The lowest BCUT2D eigenvalue weighted by Gasteiger charge is -2.07. The van der Waals surface area contributed by atoms with Crippen LogP contribution in [0.4, 0.5) is 17.6 Å². The van der Waals surface area contributed by atoms with Gasteiger partial charge >= 0.3 is 0 Å². The number of hydrogen-bond acceptors (Lipinski definition) is 7. The van der Waals surface area contributed by atoms with Crippen molar-refractivity contribution in [2.75, 3.05) is 10.6 Å². The van der Waals surface area contributed by atoms with Crippen molar-refractivity contribution < 1.29 is 9.72 Å². The molecule has 0 bridgehead atoms. The quantitative estimate of drug-likeness (QED) is 0.321. The van der Waals surface area contributed by atoms with E-state index >= 15 is 0 Å². The van der Waals surface area contributed by atoms with Gasteiger partial charge in [0.15, 0.2) is 0 Å². The summed E-state index contributed by atoms with van der Waals surface area (Å²) in [4.78, 5) is 28.4. The van der Waals surface area contributed by atoms with Gasteiger partial charge in [0.2, 0.25) is 11.9 Å². The number of anilines is 2. The first-order chi connectivity index (χ1) is 15.6. The summed E-state index contributed by atoms with van der Waals surface area (Å²) in [5.41, 5.74) is 1.65. The third-order valence-electron chi connectivity index (χ3n) is 4.72. The number of nitrogens with zero attached hydrogens (tertiary/aromatic N) is 4. The van der Waals surface area contributed by atoms with Crippen molar-refractivity contribution >= 4 is 23.5 Å². The van der Waals surface area contributed by atoms with Crippen LogP contribution in [0.1, 0.15) is 21.5 Å². The molecule has 0 amide bonds. The van der Waals surface area contributed by atoms with E-state index in [-0.39, 0.29) is 23.1 Å². The molecule has 1 aromatic heterocycles. The highest BCUT2D eigenvalue weighted by molar-refractivity contribution is 6.00. The van der Waals surface area contributed by atoms with Gasteiger partial charge in [-0.05, 0) is 17.2 Å². The van der Waals surface area contributed by atoms with Crippen molar-refractivity contribution in [1.29, 1.82) is 0 Å². The van der Waals surface area contributed by atoms with Gasteiger partial charge in [-0.1, -0.05) is 72.8 Å².